The second-order valence-electron chi connectivity index (χ2n) is 6.50. The standard InChI is InChI=1S/C22H26N2O3/c1-26-21(22(25)27-2)16-17-8-10-19(11-9-17)23-13-5-14-24-15-12-18-6-3-4-7-20(18)24/h3-4,6-12,15,21,23H,5,13-14,16H2,1-2H3/t21-/m0/s1. The van der Waals surface area contributed by atoms with Gasteiger partial charge in [0.1, 0.15) is 0 Å². The second kappa shape index (κ2) is 9.24. The number of aryl methyl sites for hydroxylation is 1. The lowest BCUT2D eigenvalue weighted by Gasteiger charge is -2.13. The van der Waals surface area contributed by atoms with Gasteiger partial charge in [-0.2, -0.15) is 0 Å². The van der Waals surface area contributed by atoms with Gasteiger partial charge in [-0.15, -0.1) is 0 Å². The molecule has 2 aromatic carbocycles. The molecule has 0 unspecified atom stereocenters. The molecular weight excluding hydrogens is 340 g/mol. The van der Waals surface area contributed by atoms with E-state index in [1.54, 1.807) is 0 Å². The van der Waals surface area contributed by atoms with Crippen molar-refractivity contribution in [2.24, 2.45) is 0 Å². The van der Waals surface area contributed by atoms with Crippen LogP contribution in [0.3, 0.4) is 0 Å². The molecule has 1 atom stereocenters. The Kier molecular flexibility index (Phi) is 6.49. The van der Waals surface area contributed by atoms with Gasteiger partial charge in [0, 0.05) is 44.0 Å². The number of methoxy groups -OCH3 is 2. The van der Waals surface area contributed by atoms with E-state index in [1.165, 1.54) is 25.1 Å². The Morgan fingerprint density at radius 3 is 2.59 bits per heavy atom. The van der Waals surface area contributed by atoms with Crippen LogP contribution < -0.4 is 5.32 Å². The summed E-state index contributed by atoms with van der Waals surface area (Å²) >= 11 is 0. The summed E-state index contributed by atoms with van der Waals surface area (Å²) in [6, 6.07) is 18.7. The van der Waals surface area contributed by atoms with Crippen LogP contribution >= 0.6 is 0 Å². The van der Waals surface area contributed by atoms with Gasteiger partial charge in [0.05, 0.1) is 7.11 Å². The van der Waals surface area contributed by atoms with Crippen molar-refractivity contribution in [1.82, 2.24) is 4.57 Å². The largest absolute Gasteiger partial charge is 0.467 e. The molecule has 1 aromatic heterocycles. The van der Waals surface area contributed by atoms with Gasteiger partial charge in [-0.1, -0.05) is 30.3 Å². The molecule has 0 amide bonds. The van der Waals surface area contributed by atoms with Crippen LogP contribution in [-0.4, -0.2) is 37.4 Å². The van der Waals surface area contributed by atoms with Crippen LogP contribution in [0.4, 0.5) is 5.69 Å². The summed E-state index contributed by atoms with van der Waals surface area (Å²) in [5, 5.41) is 4.73. The molecule has 0 spiro atoms. The van der Waals surface area contributed by atoms with E-state index in [4.69, 9.17) is 9.47 Å². The Hall–Kier alpha value is -2.79. The van der Waals surface area contributed by atoms with E-state index in [2.05, 4.69) is 46.4 Å². The van der Waals surface area contributed by atoms with E-state index in [0.717, 1.165) is 30.8 Å². The molecule has 0 bridgehead atoms. The molecular formula is C22H26N2O3. The van der Waals surface area contributed by atoms with Crippen LogP contribution in [-0.2, 0) is 27.2 Å². The molecule has 0 aliphatic rings. The number of hydrogen-bond acceptors (Lipinski definition) is 4. The molecule has 0 radical (unpaired) electrons. The maximum atomic E-state index is 11.6. The number of nitrogens with one attached hydrogen (secondary N) is 1. The summed E-state index contributed by atoms with van der Waals surface area (Å²) in [6.07, 6.45) is 3.12. The average molecular weight is 366 g/mol. The number of rotatable bonds is 9. The number of anilines is 1. The number of fused-ring (bicyclic) bond motifs is 1. The normalized spacial score (nSPS) is 12.1. The van der Waals surface area contributed by atoms with Gasteiger partial charge >= 0.3 is 5.97 Å². The van der Waals surface area contributed by atoms with E-state index in [-0.39, 0.29) is 5.97 Å². The number of esters is 1. The Labute approximate surface area is 159 Å². The first kappa shape index (κ1) is 19.0. The highest BCUT2D eigenvalue weighted by Crippen LogP contribution is 2.16. The van der Waals surface area contributed by atoms with Crippen molar-refractivity contribution in [2.75, 3.05) is 26.1 Å². The number of carbonyl (C=O) groups excluding carboxylic acids is 1. The minimum Gasteiger partial charge on any atom is -0.467 e. The van der Waals surface area contributed by atoms with E-state index in [0.29, 0.717) is 6.42 Å². The molecule has 0 aliphatic carbocycles. The molecule has 3 aromatic rings. The quantitative estimate of drug-likeness (QED) is 0.461. The van der Waals surface area contributed by atoms with Crippen molar-refractivity contribution in [2.45, 2.75) is 25.5 Å². The van der Waals surface area contributed by atoms with E-state index in [9.17, 15) is 4.79 Å². The number of para-hydroxylation sites is 1. The SMILES string of the molecule is COC(=O)[C@H](Cc1ccc(NCCCn2ccc3ccccc32)cc1)OC. The zero-order valence-electron chi connectivity index (χ0n) is 15.9. The maximum Gasteiger partial charge on any atom is 0.335 e. The Morgan fingerprint density at radius 2 is 1.85 bits per heavy atom. The lowest BCUT2D eigenvalue weighted by atomic mass is 10.1. The summed E-state index contributed by atoms with van der Waals surface area (Å²) in [7, 11) is 2.89. The molecule has 5 nitrogen and oxygen atoms in total. The fourth-order valence-corrected chi connectivity index (χ4v) is 3.18. The molecule has 0 saturated heterocycles. The Morgan fingerprint density at radius 1 is 1.07 bits per heavy atom. The smallest absolute Gasteiger partial charge is 0.335 e. The van der Waals surface area contributed by atoms with E-state index >= 15 is 0 Å². The molecule has 3 rings (SSSR count). The van der Waals surface area contributed by atoms with Crippen LogP contribution in [0.2, 0.25) is 0 Å². The number of carbonyl (C=O) groups is 1. The van der Waals surface area contributed by atoms with Crippen LogP contribution in [0.15, 0.2) is 60.8 Å². The predicted molar refractivity (Wildman–Crippen MR) is 108 cm³/mol. The minimum atomic E-state index is -0.565. The summed E-state index contributed by atoms with van der Waals surface area (Å²) in [5.74, 6) is -0.350. The fourth-order valence-electron chi connectivity index (χ4n) is 3.18. The van der Waals surface area contributed by atoms with E-state index in [1.807, 2.05) is 24.3 Å². The molecule has 0 saturated carbocycles. The number of aromatic nitrogens is 1. The summed E-state index contributed by atoms with van der Waals surface area (Å²) in [4.78, 5) is 11.6. The highest BCUT2D eigenvalue weighted by molar-refractivity contribution is 5.79. The molecule has 1 N–H and O–H groups in total. The molecule has 5 heteroatoms. The number of benzene rings is 2. The molecule has 0 aliphatic heterocycles. The predicted octanol–water partition coefficient (Wildman–Crippen LogP) is 3.87. The van der Waals surface area contributed by atoms with Crippen LogP contribution in [0.25, 0.3) is 10.9 Å². The molecule has 142 valence electrons. The summed E-state index contributed by atoms with van der Waals surface area (Å²) < 4.78 is 12.2. The first-order valence-corrected chi connectivity index (χ1v) is 9.18. The Balaban J connectivity index is 1.47. The minimum absolute atomic E-state index is 0.350. The number of hydrogen-bond donors (Lipinski definition) is 1. The molecule has 0 fully saturated rings. The first-order valence-electron chi connectivity index (χ1n) is 9.18. The number of ether oxygens (including phenoxy) is 2. The third kappa shape index (κ3) is 4.89. The van der Waals surface area contributed by atoms with Crippen molar-refractivity contribution in [3.8, 4) is 0 Å². The van der Waals surface area contributed by atoms with E-state index < -0.39 is 6.10 Å². The van der Waals surface area contributed by atoms with Crippen LogP contribution in [0.5, 0.6) is 0 Å². The molecule has 27 heavy (non-hydrogen) atoms. The zero-order valence-corrected chi connectivity index (χ0v) is 15.9. The maximum absolute atomic E-state index is 11.6. The van der Waals surface area contributed by atoms with Crippen LogP contribution in [0, 0.1) is 0 Å². The average Bonchev–Trinajstić information content (AvgIpc) is 3.13. The first-order chi connectivity index (χ1) is 13.2. The lowest BCUT2D eigenvalue weighted by molar-refractivity contribution is -0.152. The van der Waals surface area contributed by atoms with Gasteiger partial charge in [-0.25, -0.2) is 4.79 Å². The monoisotopic (exact) mass is 366 g/mol. The topological polar surface area (TPSA) is 52.5 Å². The van der Waals surface area contributed by atoms with Gasteiger partial charge in [-0.05, 0) is 41.6 Å². The van der Waals surface area contributed by atoms with Gasteiger partial charge in [0.25, 0.3) is 0 Å². The van der Waals surface area contributed by atoms with Crippen molar-refractivity contribution in [3.05, 3.63) is 66.4 Å². The van der Waals surface area contributed by atoms with Gasteiger partial charge < -0.3 is 19.4 Å². The van der Waals surface area contributed by atoms with Gasteiger partial charge in [0.2, 0.25) is 0 Å². The Bertz CT molecular complexity index is 871. The molecule has 1 heterocycles. The zero-order chi connectivity index (χ0) is 19.1. The number of nitrogens with zero attached hydrogens (tertiary/aromatic N) is 1. The second-order valence-corrected chi connectivity index (χ2v) is 6.50. The third-order valence-electron chi connectivity index (χ3n) is 4.71. The van der Waals surface area contributed by atoms with Gasteiger partial charge in [0.15, 0.2) is 6.10 Å². The van der Waals surface area contributed by atoms with Gasteiger partial charge in [-0.3, -0.25) is 0 Å². The highest BCUT2D eigenvalue weighted by atomic mass is 16.6. The lowest BCUT2D eigenvalue weighted by Crippen LogP contribution is -2.26. The summed E-state index contributed by atoms with van der Waals surface area (Å²) in [6.45, 7) is 1.88. The van der Waals surface area contributed by atoms with Crippen LogP contribution in [0.1, 0.15) is 12.0 Å². The van der Waals surface area contributed by atoms with Crippen molar-refractivity contribution in [3.63, 3.8) is 0 Å². The third-order valence-corrected chi connectivity index (χ3v) is 4.71. The highest BCUT2D eigenvalue weighted by Gasteiger charge is 2.18. The fraction of sp³-hybridized carbons (Fsp3) is 0.318. The van der Waals surface area contributed by atoms with Crippen molar-refractivity contribution in [1.29, 1.82) is 0 Å². The van der Waals surface area contributed by atoms with Crippen molar-refractivity contribution < 1.29 is 14.3 Å². The summed E-state index contributed by atoms with van der Waals surface area (Å²) in [5.41, 5.74) is 3.39. The van der Waals surface area contributed by atoms with Crippen molar-refractivity contribution >= 4 is 22.6 Å².